The van der Waals surface area contributed by atoms with Gasteiger partial charge in [0.25, 0.3) is 0 Å². The summed E-state index contributed by atoms with van der Waals surface area (Å²) >= 11 is 0. The third-order valence-corrected chi connectivity index (χ3v) is 9.64. The summed E-state index contributed by atoms with van der Waals surface area (Å²) in [5.74, 6) is -0.236. The summed E-state index contributed by atoms with van der Waals surface area (Å²) in [6, 6.07) is 0. The van der Waals surface area contributed by atoms with Gasteiger partial charge >= 0.3 is 5.97 Å². The number of unbranched alkanes of at least 4 members (excludes halogenated alkanes) is 18. The lowest BCUT2D eigenvalue weighted by atomic mass is 10.1. The van der Waals surface area contributed by atoms with E-state index in [-0.39, 0.29) is 19.2 Å². The minimum atomic E-state index is -0.561. The van der Waals surface area contributed by atoms with Crippen LogP contribution in [0.4, 0.5) is 0 Å². The van der Waals surface area contributed by atoms with E-state index in [1.54, 1.807) is 0 Å². The molecule has 56 heavy (non-hydrogen) atoms. The Kier molecular flexibility index (Phi) is 46.1. The molecule has 0 spiro atoms. The Bertz CT molecular complexity index is 1040. The van der Waals surface area contributed by atoms with Gasteiger partial charge in [0.1, 0.15) is 6.10 Å². The van der Waals surface area contributed by atoms with Gasteiger partial charge in [-0.15, -0.1) is 0 Å². The highest BCUT2D eigenvalue weighted by Gasteiger charge is 2.13. The molecule has 0 aromatic heterocycles. The molecule has 1 N–H and O–H groups in total. The van der Waals surface area contributed by atoms with Gasteiger partial charge in [-0.3, -0.25) is 4.79 Å². The molecule has 0 saturated carbocycles. The van der Waals surface area contributed by atoms with E-state index in [0.717, 1.165) is 77.0 Å². The molecule has 0 rings (SSSR count). The van der Waals surface area contributed by atoms with Crippen molar-refractivity contribution in [2.24, 2.45) is 0 Å². The standard InChI is InChI=1S/C52H88O4/c1-3-5-7-9-11-13-15-17-19-21-23-24-25-26-27-28-29-31-33-35-37-39-41-43-45-47-52(54)56-51(49-53)50-55-48-46-44-42-40-38-36-34-32-30-22-20-18-16-14-12-10-8-6-4-2/h5,7,11,13,17,19-20,22-24,26-27,29,31,35,37,51,53H,3-4,6,8-10,12,14-16,18,21,25,28,30,32-34,36,38-50H2,1-2H3/b7-5-,13-11-,19-17-,22-20-,24-23-,27-26-,31-29-,37-35-. The van der Waals surface area contributed by atoms with Crippen LogP contribution < -0.4 is 0 Å². The number of ether oxygens (including phenoxy) is 2. The predicted octanol–water partition coefficient (Wildman–Crippen LogP) is 15.7. The lowest BCUT2D eigenvalue weighted by Gasteiger charge is -2.15. The lowest BCUT2D eigenvalue weighted by molar-refractivity contribution is -0.154. The number of allylic oxidation sites excluding steroid dienone is 16. The molecule has 1 atom stereocenters. The van der Waals surface area contributed by atoms with E-state index in [1.807, 2.05) is 0 Å². The average molecular weight is 777 g/mol. The van der Waals surface area contributed by atoms with Crippen LogP contribution in [-0.2, 0) is 14.3 Å². The van der Waals surface area contributed by atoms with Gasteiger partial charge in [0.2, 0.25) is 0 Å². The van der Waals surface area contributed by atoms with Crippen LogP contribution in [0.15, 0.2) is 97.2 Å². The molecule has 0 fully saturated rings. The molecule has 0 saturated heterocycles. The molecule has 1 unspecified atom stereocenters. The summed E-state index contributed by atoms with van der Waals surface area (Å²) in [4.78, 5) is 12.2. The summed E-state index contributed by atoms with van der Waals surface area (Å²) < 4.78 is 11.2. The van der Waals surface area contributed by atoms with E-state index in [4.69, 9.17) is 9.47 Å². The molecule has 0 aromatic rings. The number of rotatable bonds is 42. The number of carbonyl (C=O) groups is 1. The zero-order chi connectivity index (χ0) is 40.5. The van der Waals surface area contributed by atoms with Gasteiger partial charge in [-0.1, -0.05) is 195 Å². The van der Waals surface area contributed by atoms with Crippen molar-refractivity contribution in [2.75, 3.05) is 19.8 Å². The summed E-state index contributed by atoms with van der Waals surface area (Å²) in [5.41, 5.74) is 0. The van der Waals surface area contributed by atoms with Crippen molar-refractivity contribution in [1.82, 2.24) is 0 Å². The number of aliphatic hydroxyl groups excluding tert-OH is 1. The van der Waals surface area contributed by atoms with Gasteiger partial charge in [0, 0.05) is 13.0 Å². The Hall–Kier alpha value is -2.69. The maximum absolute atomic E-state index is 12.2. The van der Waals surface area contributed by atoms with E-state index < -0.39 is 6.10 Å². The van der Waals surface area contributed by atoms with E-state index in [0.29, 0.717) is 13.0 Å². The van der Waals surface area contributed by atoms with Gasteiger partial charge in [0.15, 0.2) is 0 Å². The molecule has 0 bridgehead atoms. The smallest absolute Gasteiger partial charge is 0.306 e. The second-order valence-electron chi connectivity index (χ2n) is 15.1. The maximum atomic E-state index is 12.2. The van der Waals surface area contributed by atoms with Gasteiger partial charge in [-0.05, 0) is 96.3 Å². The fourth-order valence-electron chi connectivity index (χ4n) is 6.18. The zero-order valence-electron chi connectivity index (χ0n) is 36.6. The van der Waals surface area contributed by atoms with Gasteiger partial charge < -0.3 is 14.6 Å². The van der Waals surface area contributed by atoms with Gasteiger partial charge in [-0.25, -0.2) is 0 Å². The average Bonchev–Trinajstić information content (AvgIpc) is 3.20. The normalized spacial score (nSPS) is 13.3. The first-order valence-electron chi connectivity index (χ1n) is 23.3. The van der Waals surface area contributed by atoms with Crippen molar-refractivity contribution < 1.29 is 19.4 Å². The maximum Gasteiger partial charge on any atom is 0.306 e. The van der Waals surface area contributed by atoms with Crippen LogP contribution in [0.5, 0.6) is 0 Å². The SMILES string of the molecule is CC/C=C\C/C=C\C/C=C\C/C=C\C/C=C\C/C=C\C/C=C\CCCCCC(=O)OC(CO)COCCCCCCCCCC/C=C\CCCCCCCCC. The van der Waals surface area contributed by atoms with Crippen LogP contribution in [0.2, 0.25) is 0 Å². The quantitative estimate of drug-likeness (QED) is 0.0381. The van der Waals surface area contributed by atoms with Crippen LogP contribution in [0, 0.1) is 0 Å². The van der Waals surface area contributed by atoms with Crippen LogP contribution in [-0.4, -0.2) is 37.0 Å². The van der Waals surface area contributed by atoms with Crippen LogP contribution in [0.3, 0.4) is 0 Å². The fraction of sp³-hybridized carbons (Fsp3) is 0.673. The number of esters is 1. The first-order chi connectivity index (χ1) is 27.7. The Morgan fingerprint density at radius 1 is 0.446 bits per heavy atom. The third kappa shape index (κ3) is 45.7. The Morgan fingerprint density at radius 2 is 0.804 bits per heavy atom. The summed E-state index contributed by atoms with van der Waals surface area (Å²) in [5, 5.41) is 9.62. The largest absolute Gasteiger partial charge is 0.457 e. The van der Waals surface area contributed by atoms with Crippen molar-refractivity contribution in [2.45, 2.75) is 206 Å². The molecular formula is C52H88O4. The van der Waals surface area contributed by atoms with E-state index in [9.17, 15) is 9.90 Å². The highest BCUT2D eigenvalue weighted by atomic mass is 16.6. The number of hydrogen-bond acceptors (Lipinski definition) is 4. The molecule has 0 aromatic carbocycles. The molecule has 0 amide bonds. The molecule has 4 nitrogen and oxygen atoms in total. The molecule has 0 aliphatic rings. The number of aliphatic hydroxyl groups is 1. The summed E-state index contributed by atoms with van der Waals surface area (Å²) in [7, 11) is 0. The van der Waals surface area contributed by atoms with Crippen LogP contribution in [0.25, 0.3) is 0 Å². The van der Waals surface area contributed by atoms with Gasteiger partial charge in [0.05, 0.1) is 13.2 Å². The molecule has 0 heterocycles. The highest BCUT2D eigenvalue weighted by molar-refractivity contribution is 5.69. The minimum absolute atomic E-state index is 0.192. The van der Waals surface area contributed by atoms with Crippen LogP contribution in [0.1, 0.15) is 200 Å². The van der Waals surface area contributed by atoms with Gasteiger partial charge in [-0.2, -0.15) is 0 Å². The van der Waals surface area contributed by atoms with Crippen LogP contribution >= 0.6 is 0 Å². The third-order valence-electron chi connectivity index (χ3n) is 9.64. The Balaban J connectivity index is 3.56. The summed E-state index contributed by atoms with van der Waals surface area (Å²) in [6.07, 6.45) is 69.0. The molecular weight excluding hydrogens is 689 g/mol. The predicted molar refractivity (Wildman–Crippen MR) is 246 cm³/mol. The van der Waals surface area contributed by atoms with Crippen molar-refractivity contribution in [3.05, 3.63) is 97.2 Å². The summed E-state index contributed by atoms with van der Waals surface area (Å²) in [6.45, 7) is 5.18. The van der Waals surface area contributed by atoms with Crippen molar-refractivity contribution in [3.8, 4) is 0 Å². The van der Waals surface area contributed by atoms with E-state index in [2.05, 4.69) is 111 Å². The first-order valence-corrected chi connectivity index (χ1v) is 23.3. The number of hydrogen-bond donors (Lipinski definition) is 1. The van der Waals surface area contributed by atoms with Crippen molar-refractivity contribution >= 4 is 5.97 Å². The van der Waals surface area contributed by atoms with Crippen molar-refractivity contribution in [1.29, 1.82) is 0 Å². The number of carbonyl (C=O) groups excluding carboxylic acids is 1. The molecule has 0 radical (unpaired) electrons. The molecule has 0 aliphatic carbocycles. The van der Waals surface area contributed by atoms with E-state index >= 15 is 0 Å². The first kappa shape index (κ1) is 53.3. The lowest BCUT2D eigenvalue weighted by Crippen LogP contribution is -2.27. The Labute approximate surface area is 347 Å². The zero-order valence-corrected chi connectivity index (χ0v) is 36.6. The molecule has 4 heteroatoms. The molecule has 320 valence electrons. The minimum Gasteiger partial charge on any atom is -0.457 e. The molecule has 0 aliphatic heterocycles. The van der Waals surface area contributed by atoms with E-state index in [1.165, 1.54) is 103 Å². The Morgan fingerprint density at radius 3 is 1.23 bits per heavy atom. The highest BCUT2D eigenvalue weighted by Crippen LogP contribution is 2.12. The topological polar surface area (TPSA) is 55.8 Å². The second kappa shape index (κ2) is 48.5. The van der Waals surface area contributed by atoms with Crippen molar-refractivity contribution in [3.63, 3.8) is 0 Å². The second-order valence-corrected chi connectivity index (χ2v) is 15.1. The monoisotopic (exact) mass is 777 g/mol. The fourth-order valence-corrected chi connectivity index (χ4v) is 6.18.